The van der Waals surface area contributed by atoms with Gasteiger partial charge in [-0.15, -0.1) is 12.4 Å². The van der Waals surface area contributed by atoms with Crippen LogP contribution in [0.2, 0.25) is 0 Å². The number of amides is 1. The van der Waals surface area contributed by atoms with E-state index in [1.165, 1.54) is 11.3 Å². The number of carbonyl (C=O) groups excluding carboxylic acids is 1. The molecule has 0 unspecified atom stereocenters. The molecule has 0 aliphatic heterocycles. The molecule has 0 atom stereocenters. The third-order valence-corrected chi connectivity index (χ3v) is 6.28. The van der Waals surface area contributed by atoms with Gasteiger partial charge in [0.05, 0.1) is 11.8 Å². The molecule has 3 rings (SSSR count). The maximum atomic E-state index is 13.5. The van der Waals surface area contributed by atoms with Crippen LogP contribution in [0.3, 0.4) is 0 Å². The van der Waals surface area contributed by atoms with E-state index in [-0.39, 0.29) is 18.3 Å². The highest BCUT2D eigenvalue weighted by Gasteiger charge is 2.23. The molecular weight excluding hydrogens is 432 g/mol. The van der Waals surface area contributed by atoms with Gasteiger partial charge in [-0.1, -0.05) is 31.3 Å². The second kappa shape index (κ2) is 11.3. The number of benzene rings is 2. The molecule has 31 heavy (non-hydrogen) atoms. The molecule has 0 spiro atoms. The summed E-state index contributed by atoms with van der Waals surface area (Å²) in [5.74, 6) is 0.687. The van der Waals surface area contributed by atoms with E-state index in [9.17, 15) is 4.79 Å². The Morgan fingerprint density at radius 2 is 1.71 bits per heavy atom. The standard InChI is InChI=1S/C23H30N4O2S.ClH/c1-6-26(7-2)15-16-27(22(28)17-11-13-18(14-12-17)25(3)4)23-24-21-19(29-5)9-8-10-20(21)30-23;/h8-14H,6-7,15-16H2,1-5H3;1H. The van der Waals surface area contributed by atoms with Crippen LogP contribution in [0.5, 0.6) is 5.75 Å². The lowest BCUT2D eigenvalue weighted by molar-refractivity contribution is 0.0984. The van der Waals surface area contributed by atoms with Gasteiger partial charge in [-0.05, 0) is 49.5 Å². The van der Waals surface area contributed by atoms with Crippen molar-refractivity contribution in [1.29, 1.82) is 0 Å². The Labute approximate surface area is 194 Å². The zero-order valence-electron chi connectivity index (χ0n) is 18.8. The van der Waals surface area contributed by atoms with Crippen molar-refractivity contribution in [2.45, 2.75) is 13.8 Å². The number of halogens is 1. The molecule has 0 fully saturated rings. The number of carbonyl (C=O) groups is 1. The van der Waals surface area contributed by atoms with Crippen molar-refractivity contribution < 1.29 is 9.53 Å². The average molecular weight is 463 g/mol. The summed E-state index contributed by atoms with van der Waals surface area (Å²) in [6.45, 7) is 7.55. The molecule has 3 aromatic rings. The topological polar surface area (TPSA) is 48.9 Å². The number of ether oxygens (including phenoxy) is 1. The van der Waals surface area contributed by atoms with Gasteiger partial charge in [0.1, 0.15) is 11.3 Å². The second-order valence-electron chi connectivity index (χ2n) is 7.23. The predicted octanol–water partition coefficient (Wildman–Crippen LogP) is 4.78. The van der Waals surface area contributed by atoms with Gasteiger partial charge in [0.25, 0.3) is 5.91 Å². The maximum absolute atomic E-state index is 13.5. The van der Waals surface area contributed by atoms with Gasteiger partial charge in [-0.25, -0.2) is 4.98 Å². The van der Waals surface area contributed by atoms with E-state index in [0.717, 1.165) is 41.3 Å². The summed E-state index contributed by atoms with van der Waals surface area (Å²) in [6.07, 6.45) is 0. The summed E-state index contributed by atoms with van der Waals surface area (Å²) in [4.78, 5) is 24.4. The number of para-hydroxylation sites is 1. The number of likely N-dealkylation sites (N-methyl/N-ethyl adjacent to an activating group) is 1. The quantitative estimate of drug-likeness (QED) is 0.458. The molecule has 6 nitrogen and oxygen atoms in total. The maximum Gasteiger partial charge on any atom is 0.260 e. The van der Waals surface area contributed by atoms with E-state index >= 15 is 0 Å². The van der Waals surface area contributed by atoms with Gasteiger partial charge in [0.15, 0.2) is 5.13 Å². The monoisotopic (exact) mass is 462 g/mol. The van der Waals surface area contributed by atoms with Crippen molar-refractivity contribution >= 4 is 50.7 Å². The highest BCUT2D eigenvalue weighted by Crippen LogP contribution is 2.34. The van der Waals surface area contributed by atoms with Crippen LogP contribution in [0.4, 0.5) is 10.8 Å². The number of anilines is 2. The lowest BCUT2D eigenvalue weighted by Crippen LogP contribution is -2.38. The first kappa shape index (κ1) is 24.9. The highest BCUT2D eigenvalue weighted by atomic mass is 35.5. The number of methoxy groups -OCH3 is 1. The van der Waals surface area contributed by atoms with Crippen LogP contribution in [0.15, 0.2) is 42.5 Å². The summed E-state index contributed by atoms with van der Waals surface area (Å²) in [5.41, 5.74) is 2.51. The van der Waals surface area contributed by atoms with Crippen molar-refractivity contribution in [3.63, 3.8) is 0 Å². The molecule has 0 saturated carbocycles. The highest BCUT2D eigenvalue weighted by molar-refractivity contribution is 7.22. The normalized spacial score (nSPS) is 10.8. The lowest BCUT2D eigenvalue weighted by Gasteiger charge is -2.25. The van der Waals surface area contributed by atoms with Gasteiger partial charge in [-0.2, -0.15) is 0 Å². The lowest BCUT2D eigenvalue weighted by atomic mass is 10.1. The molecule has 0 aliphatic rings. The van der Waals surface area contributed by atoms with E-state index in [1.807, 2.05) is 61.5 Å². The zero-order chi connectivity index (χ0) is 21.7. The largest absolute Gasteiger partial charge is 0.494 e. The Morgan fingerprint density at radius 3 is 2.29 bits per heavy atom. The Morgan fingerprint density at radius 1 is 1.03 bits per heavy atom. The van der Waals surface area contributed by atoms with Crippen molar-refractivity contribution in [1.82, 2.24) is 9.88 Å². The Balaban J connectivity index is 0.00000341. The number of nitrogens with zero attached hydrogens (tertiary/aromatic N) is 4. The minimum Gasteiger partial charge on any atom is -0.494 e. The smallest absolute Gasteiger partial charge is 0.260 e. The number of hydrogen-bond acceptors (Lipinski definition) is 6. The Hall–Kier alpha value is -2.35. The number of fused-ring (bicyclic) bond motifs is 1. The van der Waals surface area contributed by atoms with Gasteiger partial charge >= 0.3 is 0 Å². The number of hydrogen-bond donors (Lipinski definition) is 0. The second-order valence-corrected chi connectivity index (χ2v) is 8.24. The van der Waals surface area contributed by atoms with Crippen LogP contribution >= 0.6 is 23.7 Å². The SMILES string of the molecule is CCN(CC)CCN(C(=O)c1ccc(N(C)C)cc1)c1nc2c(OC)cccc2s1.Cl. The van der Waals surface area contributed by atoms with Crippen molar-refractivity contribution in [3.8, 4) is 5.75 Å². The predicted molar refractivity (Wildman–Crippen MR) is 134 cm³/mol. The van der Waals surface area contributed by atoms with Crippen LogP contribution in [0.1, 0.15) is 24.2 Å². The first-order chi connectivity index (χ1) is 14.5. The van der Waals surface area contributed by atoms with Gasteiger partial charge in [-0.3, -0.25) is 9.69 Å². The summed E-state index contributed by atoms with van der Waals surface area (Å²) < 4.78 is 6.47. The molecule has 0 saturated heterocycles. The molecule has 0 bridgehead atoms. The molecule has 168 valence electrons. The average Bonchev–Trinajstić information content (AvgIpc) is 3.20. The van der Waals surface area contributed by atoms with Crippen LogP contribution in [-0.4, -0.2) is 63.2 Å². The van der Waals surface area contributed by atoms with E-state index in [1.54, 1.807) is 12.0 Å². The first-order valence-corrected chi connectivity index (χ1v) is 11.0. The molecule has 1 aromatic heterocycles. The van der Waals surface area contributed by atoms with Gasteiger partial charge in [0, 0.05) is 38.4 Å². The first-order valence-electron chi connectivity index (χ1n) is 10.2. The molecule has 1 amide bonds. The fourth-order valence-corrected chi connectivity index (χ4v) is 4.32. The third-order valence-electron chi connectivity index (χ3n) is 5.23. The van der Waals surface area contributed by atoms with Gasteiger partial charge < -0.3 is 14.5 Å². The van der Waals surface area contributed by atoms with E-state index in [0.29, 0.717) is 17.2 Å². The Kier molecular flexibility index (Phi) is 9.10. The summed E-state index contributed by atoms with van der Waals surface area (Å²) in [5, 5.41) is 0.698. The van der Waals surface area contributed by atoms with Crippen LogP contribution in [0, 0.1) is 0 Å². The van der Waals surface area contributed by atoms with Crippen LogP contribution in [0.25, 0.3) is 10.2 Å². The Bertz CT molecular complexity index is 987. The minimum atomic E-state index is -0.0366. The van der Waals surface area contributed by atoms with Crippen molar-refractivity contribution in [2.24, 2.45) is 0 Å². The number of aromatic nitrogens is 1. The zero-order valence-corrected chi connectivity index (χ0v) is 20.4. The molecule has 1 heterocycles. The summed E-state index contributed by atoms with van der Waals surface area (Å²) in [7, 11) is 5.62. The van der Waals surface area contributed by atoms with E-state index in [2.05, 4.69) is 18.7 Å². The molecule has 8 heteroatoms. The van der Waals surface area contributed by atoms with Crippen molar-refractivity contribution in [2.75, 3.05) is 57.2 Å². The summed E-state index contributed by atoms with van der Waals surface area (Å²) in [6, 6.07) is 13.6. The van der Waals surface area contributed by atoms with E-state index < -0.39 is 0 Å². The minimum absolute atomic E-state index is 0. The molecule has 2 aromatic carbocycles. The number of thiazole rings is 1. The fraction of sp³-hybridized carbons (Fsp3) is 0.391. The molecule has 0 radical (unpaired) electrons. The fourth-order valence-electron chi connectivity index (χ4n) is 3.32. The summed E-state index contributed by atoms with van der Waals surface area (Å²) >= 11 is 1.52. The molecular formula is C23H31ClN4O2S. The molecule has 0 N–H and O–H groups in total. The van der Waals surface area contributed by atoms with E-state index in [4.69, 9.17) is 9.72 Å². The molecule has 0 aliphatic carbocycles. The van der Waals surface area contributed by atoms with Crippen molar-refractivity contribution in [3.05, 3.63) is 48.0 Å². The van der Waals surface area contributed by atoms with Crippen LogP contribution < -0.4 is 14.5 Å². The number of rotatable bonds is 9. The third kappa shape index (κ3) is 5.67. The van der Waals surface area contributed by atoms with Crippen LogP contribution in [-0.2, 0) is 0 Å². The van der Waals surface area contributed by atoms with Gasteiger partial charge in [0.2, 0.25) is 0 Å².